The molecule has 0 spiro atoms. The molecule has 1 fully saturated rings. The van der Waals surface area contributed by atoms with Gasteiger partial charge in [-0.2, -0.15) is 10.4 Å². The third-order valence-corrected chi connectivity index (χ3v) is 7.13. The van der Waals surface area contributed by atoms with E-state index in [0.29, 0.717) is 36.6 Å². The number of anilines is 1. The first-order valence-electron chi connectivity index (χ1n) is 10.1. The molecule has 3 aromatic heterocycles. The van der Waals surface area contributed by atoms with E-state index in [2.05, 4.69) is 26.0 Å². The predicted octanol–water partition coefficient (Wildman–Crippen LogP) is 1.48. The van der Waals surface area contributed by atoms with Gasteiger partial charge in [-0.15, -0.1) is 4.31 Å². The van der Waals surface area contributed by atoms with Gasteiger partial charge < -0.3 is 14.0 Å². The summed E-state index contributed by atoms with van der Waals surface area (Å²) in [5.74, 6) is 1.55. The number of nitriles is 1. The summed E-state index contributed by atoms with van der Waals surface area (Å²) in [7, 11) is 3.80. The van der Waals surface area contributed by atoms with E-state index in [1.54, 1.807) is 35.4 Å². The Morgan fingerprint density at radius 2 is 1.88 bits per heavy atom. The van der Waals surface area contributed by atoms with Crippen LogP contribution >= 0.6 is 0 Å². The zero-order valence-corrected chi connectivity index (χ0v) is 18.5. The second-order valence-electron chi connectivity index (χ2n) is 7.54. The summed E-state index contributed by atoms with van der Waals surface area (Å²) in [6.45, 7) is 2.46. The van der Waals surface area contributed by atoms with E-state index >= 15 is 0 Å². The van der Waals surface area contributed by atoms with E-state index in [1.165, 1.54) is 0 Å². The molecule has 1 unspecified atom stereocenters. The molecule has 1 aliphatic heterocycles. The van der Waals surface area contributed by atoms with Gasteiger partial charge in [-0.25, -0.2) is 15.0 Å². The Hall–Kier alpha value is -3.46. The lowest BCUT2D eigenvalue weighted by molar-refractivity contribution is 0.384. The molecule has 0 amide bonds. The Bertz CT molecular complexity index is 1320. The van der Waals surface area contributed by atoms with E-state index < -0.39 is 11.4 Å². The molecule has 0 N–H and O–H groups in total. The van der Waals surface area contributed by atoms with Gasteiger partial charge in [0.2, 0.25) is 0 Å². The first kappa shape index (κ1) is 20.4. The van der Waals surface area contributed by atoms with Crippen molar-refractivity contribution in [1.29, 1.82) is 5.26 Å². The largest absolute Gasteiger partial charge is 0.593 e. The lowest BCUT2D eigenvalue weighted by Crippen LogP contribution is -2.49. The molecule has 4 aromatic rings. The Labute approximate surface area is 188 Å². The molecular weight excluding hydrogens is 426 g/mol. The molecule has 1 saturated heterocycles. The molecule has 0 aliphatic carbocycles. The summed E-state index contributed by atoms with van der Waals surface area (Å²) in [5, 5.41) is 13.6. The maximum atomic E-state index is 13.1. The second kappa shape index (κ2) is 8.23. The topological polar surface area (TPSA) is 115 Å². The van der Waals surface area contributed by atoms with Gasteiger partial charge in [-0.05, 0) is 12.1 Å². The van der Waals surface area contributed by atoms with Crippen molar-refractivity contribution in [3.05, 3.63) is 48.5 Å². The normalized spacial score (nSPS) is 15.8. The molecule has 4 heterocycles. The number of aryl methyl sites for hydroxylation is 2. The zero-order chi connectivity index (χ0) is 22.2. The number of hydrogen-bond acceptors (Lipinski definition) is 8. The second-order valence-corrected chi connectivity index (χ2v) is 8.99. The molecule has 0 radical (unpaired) electrons. The van der Waals surface area contributed by atoms with Gasteiger partial charge >= 0.3 is 0 Å². The Morgan fingerprint density at radius 3 is 2.59 bits per heavy atom. The standard InChI is InChI=1S/C21H21N9OS/c1-27-13-16(12-25-27)19-26-18-20(28(19)2)23-14-24-21(18)29-7-9-30(10-8-29)32(31)17-6-4-3-5-15(17)11-22/h3-6,12-14H,7-10H2,1-2H3. The van der Waals surface area contributed by atoms with Gasteiger partial charge in [0.05, 0.1) is 36.2 Å². The van der Waals surface area contributed by atoms with Crippen LogP contribution < -0.4 is 4.90 Å². The van der Waals surface area contributed by atoms with Crippen molar-refractivity contribution >= 4 is 28.3 Å². The van der Waals surface area contributed by atoms with E-state index in [9.17, 15) is 9.81 Å². The quantitative estimate of drug-likeness (QED) is 0.432. The highest BCUT2D eigenvalue weighted by Gasteiger charge is 2.31. The van der Waals surface area contributed by atoms with Gasteiger partial charge in [0.15, 0.2) is 21.9 Å². The smallest absolute Gasteiger partial charge is 0.191 e. The highest BCUT2D eigenvalue weighted by atomic mass is 32.2. The minimum absolute atomic E-state index is 0.446. The summed E-state index contributed by atoms with van der Waals surface area (Å²) in [5.41, 5.74) is 2.85. The SMILES string of the molecule is Cn1cc(-c2nc3c(N4CCN([S+]([O-])c5ccccc5C#N)CC4)ncnc3n2C)cn1. The van der Waals surface area contributed by atoms with Crippen molar-refractivity contribution in [3.63, 3.8) is 0 Å². The van der Waals surface area contributed by atoms with Crippen LogP contribution in [0.25, 0.3) is 22.6 Å². The molecule has 5 rings (SSSR count). The van der Waals surface area contributed by atoms with Crippen molar-refractivity contribution in [3.8, 4) is 17.5 Å². The number of fused-ring (bicyclic) bond motifs is 1. The van der Waals surface area contributed by atoms with Crippen LogP contribution in [0.4, 0.5) is 5.82 Å². The monoisotopic (exact) mass is 447 g/mol. The fourth-order valence-corrected chi connectivity index (χ4v) is 5.20. The summed E-state index contributed by atoms with van der Waals surface area (Å²) < 4.78 is 18.6. The number of hydrogen-bond donors (Lipinski definition) is 0. The van der Waals surface area contributed by atoms with Crippen molar-refractivity contribution in [2.45, 2.75) is 4.90 Å². The maximum Gasteiger partial charge on any atom is 0.191 e. The van der Waals surface area contributed by atoms with Gasteiger partial charge in [0, 0.05) is 33.4 Å². The number of imidazole rings is 1. The highest BCUT2D eigenvalue weighted by molar-refractivity contribution is 7.89. The summed E-state index contributed by atoms with van der Waals surface area (Å²) in [6, 6.07) is 9.17. The number of aromatic nitrogens is 6. The van der Waals surface area contributed by atoms with Crippen LogP contribution in [-0.4, -0.2) is 64.3 Å². The van der Waals surface area contributed by atoms with Gasteiger partial charge in [-0.1, -0.05) is 12.1 Å². The van der Waals surface area contributed by atoms with Gasteiger partial charge in [0.1, 0.15) is 23.8 Å². The Kier molecular flexibility index (Phi) is 5.26. The van der Waals surface area contributed by atoms with Crippen LogP contribution in [0.3, 0.4) is 0 Å². The minimum atomic E-state index is -1.38. The molecule has 0 saturated carbocycles. The Balaban J connectivity index is 1.39. The summed E-state index contributed by atoms with van der Waals surface area (Å²) >= 11 is -1.38. The van der Waals surface area contributed by atoms with Crippen LogP contribution in [-0.2, 0) is 25.5 Å². The molecule has 1 aromatic carbocycles. The molecule has 1 atom stereocenters. The summed E-state index contributed by atoms with van der Waals surface area (Å²) in [4.78, 5) is 16.5. The summed E-state index contributed by atoms with van der Waals surface area (Å²) in [6.07, 6.45) is 5.25. The maximum absolute atomic E-state index is 13.1. The molecule has 1 aliphatic rings. The lowest BCUT2D eigenvalue weighted by Gasteiger charge is -2.34. The first-order chi connectivity index (χ1) is 15.6. The molecule has 32 heavy (non-hydrogen) atoms. The van der Waals surface area contributed by atoms with E-state index in [-0.39, 0.29) is 0 Å². The van der Waals surface area contributed by atoms with Crippen LogP contribution in [0.2, 0.25) is 0 Å². The third kappa shape index (κ3) is 3.48. The van der Waals surface area contributed by atoms with Crippen LogP contribution in [0.1, 0.15) is 5.56 Å². The van der Waals surface area contributed by atoms with Crippen molar-refractivity contribution in [1.82, 2.24) is 33.6 Å². The van der Waals surface area contributed by atoms with Crippen LogP contribution in [0.5, 0.6) is 0 Å². The molecule has 0 bridgehead atoms. The predicted molar refractivity (Wildman–Crippen MR) is 120 cm³/mol. The van der Waals surface area contributed by atoms with Crippen molar-refractivity contribution in [2.24, 2.45) is 14.1 Å². The minimum Gasteiger partial charge on any atom is -0.593 e. The van der Waals surface area contributed by atoms with Crippen molar-refractivity contribution < 1.29 is 4.55 Å². The number of piperazine rings is 1. The van der Waals surface area contributed by atoms with E-state index in [0.717, 1.165) is 28.4 Å². The molecule has 11 heteroatoms. The fraction of sp³-hybridized carbons (Fsp3) is 0.286. The zero-order valence-electron chi connectivity index (χ0n) is 17.7. The van der Waals surface area contributed by atoms with Crippen LogP contribution in [0, 0.1) is 11.3 Å². The molecule has 10 nitrogen and oxygen atoms in total. The highest BCUT2D eigenvalue weighted by Crippen LogP contribution is 2.29. The van der Waals surface area contributed by atoms with Crippen LogP contribution in [0.15, 0.2) is 47.9 Å². The average molecular weight is 448 g/mol. The van der Waals surface area contributed by atoms with Gasteiger partial charge in [-0.3, -0.25) is 4.68 Å². The first-order valence-corrected chi connectivity index (χ1v) is 11.2. The number of nitrogens with zero attached hydrogens (tertiary/aromatic N) is 9. The van der Waals surface area contributed by atoms with Gasteiger partial charge in [0.25, 0.3) is 0 Å². The lowest BCUT2D eigenvalue weighted by atomic mass is 10.2. The Morgan fingerprint density at radius 1 is 1.09 bits per heavy atom. The van der Waals surface area contributed by atoms with Crippen molar-refractivity contribution in [2.75, 3.05) is 31.1 Å². The van der Waals surface area contributed by atoms with E-state index in [1.807, 2.05) is 35.2 Å². The third-order valence-electron chi connectivity index (χ3n) is 5.57. The fourth-order valence-electron chi connectivity index (χ4n) is 3.93. The number of rotatable bonds is 4. The molecular formula is C21H21N9OS. The molecule has 162 valence electrons. The average Bonchev–Trinajstić information content (AvgIpc) is 3.41. The number of benzene rings is 1. The van der Waals surface area contributed by atoms with E-state index in [4.69, 9.17) is 4.98 Å².